The van der Waals surface area contributed by atoms with Gasteiger partial charge in [0.1, 0.15) is 11.6 Å². The Labute approximate surface area is 136 Å². The Kier molecular flexibility index (Phi) is 6.25. The van der Waals surface area contributed by atoms with E-state index < -0.39 is 17.7 Å². The van der Waals surface area contributed by atoms with E-state index >= 15 is 0 Å². The highest BCUT2D eigenvalue weighted by molar-refractivity contribution is 5.25. The molecule has 2 atom stereocenters. The molecule has 3 N–H and O–H groups in total. The fourth-order valence-corrected chi connectivity index (χ4v) is 2.64. The molecule has 0 aromatic heterocycles. The Hall–Kier alpha value is -1.78. The summed E-state index contributed by atoms with van der Waals surface area (Å²) in [6, 6.07) is 11.4. The molecule has 2 nitrogen and oxygen atoms in total. The second-order valence-electron chi connectivity index (χ2n) is 5.78. The van der Waals surface area contributed by atoms with E-state index in [9.17, 15) is 8.78 Å². The zero-order chi connectivity index (χ0) is 16.8. The third-order valence-electron chi connectivity index (χ3n) is 3.92. The molecule has 0 unspecified atom stereocenters. The first-order valence-electron chi connectivity index (χ1n) is 7.82. The molecule has 0 spiro atoms. The van der Waals surface area contributed by atoms with Crippen LogP contribution in [0, 0.1) is 18.6 Å². The van der Waals surface area contributed by atoms with E-state index in [1.54, 1.807) is 0 Å². The van der Waals surface area contributed by atoms with Crippen LogP contribution in [0.2, 0.25) is 0 Å². The van der Waals surface area contributed by atoms with E-state index in [0.29, 0.717) is 18.7 Å². The molecule has 0 aliphatic rings. The summed E-state index contributed by atoms with van der Waals surface area (Å²) in [5.41, 5.74) is 8.88. The molecule has 2 rings (SSSR count). The van der Waals surface area contributed by atoms with Crippen LogP contribution in [0.3, 0.4) is 0 Å². The lowest BCUT2D eigenvalue weighted by molar-refractivity contribution is 0.524. The van der Waals surface area contributed by atoms with Crippen LogP contribution < -0.4 is 11.1 Å². The van der Waals surface area contributed by atoms with Crippen molar-refractivity contribution in [2.24, 2.45) is 5.73 Å². The molecule has 0 saturated heterocycles. The standard InChI is InChI=1S/C19H23F2N2/c1-3-14-5-4-6-15(7-14)11-23-12-19(13(2)22)16-8-17(20)10-18(21)9-16/h4-10,13,19,23H,2-3,11-12,22H2,1H3/t13-,19-/m0/s1. The van der Waals surface area contributed by atoms with Crippen molar-refractivity contribution in [2.45, 2.75) is 31.8 Å². The largest absolute Gasteiger partial charge is 0.327 e. The van der Waals surface area contributed by atoms with Crippen LogP contribution in [0.15, 0.2) is 42.5 Å². The van der Waals surface area contributed by atoms with Gasteiger partial charge in [-0.15, -0.1) is 0 Å². The van der Waals surface area contributed by atoms with Crippen molar-refractivity contribution < 1.29 is 8.78 Å². The van der Waals surface area contributed by atoms with Crippen molar-refractivity contribution >= 4 is 0 Å². The van der Waals surface area contributed by atoms with Crippen molar-refractivity contribution in [1.82, 2.24) is 5.32 Å². The van der Waals surface area contributed by atoms with Gasteiger partial charge in [0.25, 0.3) is 0 Å². The number of nitrogens with two attached hydrogens (primary N) is 1. The molecule has 2 aromatic carbocycles. The van der Waals surface area contributed by atoms with Gasteiger partial charge in [0, 0.05) is 31.1 Å². The Morgan fingerprint density at radius 2 is 1.74 bits per heavy atom. The molecule has 123 valence electrons. The van der Waals surface area contributed by atoms with Crippen LogP contribution in [0.4, 0.5) is 8.78 Å². The first kappa shape index (κ1) is 17.6. The van der Waals surface area contributed by atoms with Crippen LogP contribution >= 0.6 is 0 Å². The van der Waals surface area contributed by atoms with Gasteiger partial charge in [0.05, 0.1) is 0 Å². The fraction of sp³-hybridized carbons (Fsp3) is 0.316. The van der Waals surface area contributed by atoms with Crippen LogP contribution in [0.25, 0.3) is 0 Å². The first-order chi connectivity index (χ1) is 11.0. The highest BCUT2D eigenvalue weighted by Gasteiger charge is 2.17. The normalized spacial score (nSPS) is 13.8. The van der Waals surface area contributed by atoms with Crippen LogP contribution in [0.5, 0.6) is 0 Å². The maximum absolute atomic E-state index is 13.4. The average Bonchev–Trinajstić information content (AvgIpc) is 2.50. The van der Waals surface area contributed by atoms with Gasteiger partial charge >= 0.3 is 0 Å². The predicted octanol–water partition coefficient (Wildman–Crippen LogP) is 3.56. The number of rotatable bonds is 7. The molecule has 1 radical (unpaired) electrons. The molecule has 0 heterocycles. The zero-order valence-electron chi connectivity index (χ0n) is 13.4. The second kappa shape index (κ2) is 8.18. The third kappa shape index (κ3) is 5.12. The maximum atomic E-state index is 13.4. The van der Waals surface area contributed by atoms with Crippen molar-refractivity contribution in [2.75, 3.05) is 6.54 Å². The zero-order valence-corrected chi connectivity index (χ0v) is 13.4. The summed E-state index contributed by atoms with van der Waals surface area (Å²) in [6.45, 7) is 7.11. The van der Waals surface area contributed by atoms with Gasteiger partial charge in [0.2, 0.25) is 0 Å². The van der Waals surface area contributed by atoms with E-state index in [4.69, 9.17) is 5.73 Å². The fourth-order valence-electron chi connectivity index (χ4n) is 2.64. The summed E-state index contributed by atoms with van der Waals surface area (Å²) >= 11 is 0. The smallest absolute Gasteiger partial charge is 0.126 e. The molecule has 0 bridgehead atoms. The molecular weight excluding hydrogens is 294 g/mol. The molecule has 23 heavy (non-hydrogen) atoms. The van der Waals surface area contributed by atoms with Gasteiger partial charge in [-0.25, -0.2) is 8.78 Å². The molecule has 0 aliphatic heterocycles. The summed E-state index contributed by atoms with van der Waals surface area (Å²) in [7, 11) is 0. The predicted molar refractivity (Wildman–Crippen MR) is 90.0 cm³/mol. The minimum atomic E-state index is -0.596. The van der Waals surface area contributed by atoms with E-state index in [1.165, 1.54) is 23.3 Å². The SMILES string of the molecule is [CH2][C@H](N)[C@H](CNCc1cccc(CC)c1)c1cc(F)cc(F)c1. The summed E-state index contributed by atoms with van der Waals surface area (Å²) in [5.74, 6) is -1.45. The molecule has 0 amide bonds. The van der Waals surface area contributed by atoms with Crippen molar-refractivity contribution in [3.05, 3.63) is 77.7 Å². The molecular formula is C19H23F2N2. The Morgan fingerprint density at radius 1 is 1.09 bits per heavy atom. The lowest BCUT2D eigenvalue weighted by atomic mass is 9.92. The van der Waals surface area contributed by atoms with Crippen molar-refractivity contribution in [3.8, 4) is 0 Å². The van der Waals surface area contributed by atoms with Gasteiger partial charge in [-0.1, -0.05) is 31.2 Å². The summed E-state index contributed by atoms with van der Waals surface area (Å²) in [6.07, 6.45) is 0.989. The maximum Gasteiger partial charge on any atom is 0.126 e. The van der Waals surface area contributed by atoms with Gasteiger partial charge in [-0.3, -0.25) is 0 Å². The molecule has 2 aromatic rings. The second-order valence-corrected chi connectivity index (χ2v) is 5.78. The van der Waals surface area contributed by atoms with Crippen molar-refractivity contribution in [3.63, 3.8) is 0 Å². The van der Waals surface area contributed by atoms with Gasteiger partial charge in [-0.05, 0) is 42.2 Å². The number of benzene rings is 2. The number of hydrogen-bond donors (Lipinski definition) is 2. The van der Waals surface area contributed by atoms with E-state index in [1.807, 2.05) is 12.1 Å². The number of hydrogen-bond acceptors (Lipinski definition) is 2. The van der Waals surface area contributed by atoms with Crippen molar-refractivity contribution in [1.29, 1.82) is 0 Å². The lowest BCUT2D eigenvalue weighted by Crippen LogP contribution is -2.33. The van der Waals surface area contributed by atoms with Gasteiger partial charge < -0.3 is 11.1 Å². The quantitative estimate of drug-likeness (QED) is 0.819. The molecule has 4 heteroatoms. The molecule has 0 aliphatic carbocycles. The van der Waals surface area contributed by atoms with Crippen LogP contribution in [-0.2, 0) is 13.0 Å². The van der Waals surface area contributed by atoms with E-state index in [0.717, 1.165) is 12.5 Å². The van der Waals surface area contributed by atoms with Crippen LogP contribution in [0.1, 0.15) is 29.5 Å². The van der Waals surface area contributed by atoms with E-state index in [2.05, 4.69) is 31.3 Å². The summed E-state index contributed by atoms with van der Waals surface area (Å²) in [5, 5.41) is 3.31. The highest BCUT2D eigenvalue weighted by Crippen LogP contribution is 2.20. The minimum Gasteiger partial charge on any atom is -0.327 e. The minimum absolute atomic E-state index is 0.255. The molecule has 0 saturated carbocycles. The number of aryl methyl sites for hydroxylation is 1. The third-order valence-corrected chi connectivity index (χ3v) is 3.92. The monoisotopic (exact) mass is 317 g/mol. The molecule has 0 fully saturated rings. The highest BCUT2D eigenvalue weighted by atomic mass is 19.1. The lowest BCUT2D eigenvalue weighted by Gasteiger charge is -2.22. The number of nitrogens with one attached hydrogen (secondary N) is 1. The first-order valence-corrected chi connectivity index (χ1v) is 7.82. The van der Waals surface area contributed by atoms with E-state index in [-0.39, 0.29) is 5.92 Å². The Balaban J connectivity index is 2.02. The number of halogens is 2. The Morgan fingerprint density at radius 3 is 2.35 bits per heavy atom. The Bertz CT molecular complexity index is 621. The van der Waals surface area contributed by atoms with Gasteiger partial charge in [-0.2, -0.15) is 0 Å². The summed E-state index contributed by atoms with van der Waals surface area (Å²) in [4.78, 5) is 0. The van der Waals surface area contributed by atoms with Gasteiger partial charge in [0.15, 0.2) is 0 Å². The topological polar surface area (TPSA) is 38.0 Å². The summed E-state index contributed by atoms with van der Waals surface area (Å²) < 4.78 is 26.8. The average molecular weight is 317 g/mol. The van der Waals surface area contributed by atoms with Crippen LogP contribution in [-0.4, -0.2) is 12.6 Å².